The fourth-order valence-corrected chi connectivity index (χ4v) is 1.66. The smallest absolute Gasteiger partial charge is 0.201 e. The van der Waals surface area contributed by atoms with Crippen molar-refractivity contribution in [1.82, 2.24) is 15.9 Å². The third-order valence-corrected chi connectivity index (χ3v) is 2.48. The van der Waals surface area contributed by atoms with Crippen LogP contribution in [0, 0.1) is 0 Å². The number of hydrazone groups is 1. The second kappa shape index (κ2) is 7.79. The highest BCUT2D eigenvalue weighted by atomic mass is 32.1. The van der Waals surface area contributed by atoms with Gasteiger partial charge < -0.3 is 0 Å². The number of hydrazine groups is 1. The quantitative estimate of drug-likeness (QED) is 0.484. The van der Waals surface area contributed by atoms with E-state index in [0.29, 0.717) is 5.11 Å². The summed E-state index contributed by atoms with van der Waals surface area (Å²) in [5.74, 6) is 0. The van der Waals surface area contributed by atoms with E-state index in [1.165, 1.54) is 5.56 Å². The van der Waals surface area contributed by atoms with E-state index in [0.717, 1.165) is 18.6 Å². The molecule has 0 atom stereocenters. The van der Waals surface area contributed by atoms with E-state index in [2.05, 4.69) is 35.0 Å². The Morgan fingerprint density at radius 1 is 1.28 bits per heavy atom. The van der Waals surface area contributed by atoms with E-state index in [4.69, 9.17) is 12.2 Å². The van der Waals surface area contributed by atoms with Crippen LogP contribution >= 0.6 is 12.2 Å². The van der Waals surface area contributed by atoms with E-state index in [1.807, 2.05) is 32.3 Å². The first kappa shape index (κ1) is 14.6. The van der Waals surface area contributed by atoms with E-state index >= 15 is 0 Å². The van der Waals surface area contributed by atoms with Gasteiger partial charge in [-0.25, -0.2) is 5.01 Å². The maximum Gasteiger partial charge on any atom is 0.201 e. The summed E-state index contributed by atoms with van der Waals surface area (Å²) in [6, 6.07) is 10.3. The van der Waals surface area contributed by atoms with Crippen LogP contribution < -0.4 is 10.9 Å². The molecule has 0 fully saturated rings. The van der Waals surface area contributed by atoms with Crippen LogP contribution in [0.5, 0.6) is 0 Å². The summed E-state index contributed by atoms with van der Waals surface area (Å²) in [6.45, 7) is 2.09. The molecule has 0 spiro atoms. The summed E-state index contributed by atoms with van der Waals surface area (Å²) in [6.07, 6.45) is 1.74. The number of hydrogen-bond donors (Lipinski definition) is 2. The fourth-order valence-electron chi connectivity index (χ4n) is 1.43. The van der Waals surface area contributed by atoms with Crippen molar-refractivity contribution in [1.29, 1.82) is 0 Å². The van der Waals surface area contributed by atoms with Crippen molar-refractivity contribution in [2.24, 2.45) is 5.10 Å². The molecule has 98 valence electrons. The Hall–Kier alpha value is -1.46. The number of thiocarbonyl (C=S) groups is 1. The van der Waals surface area contributed by atoms with Gasteiger partial charge in [0.1, 0.15) is 0 Å². The van der Waals surface area contributed by atoms with Crippen LogP contribution in [0.3, 0.4) is 0 Å². The largest absolute Gasteiger partial charge is 0.295 e. The van der Waals surface area contributed by atoms with Gasteiger partial charge in [-0.15, -0.1) is 0 Å². The van der Waals surface area contributed by atoms with Gasteiger partial charge in [0.15, 0.2) is 0 Å². The van der Waals surface area contributed by atoms with Crippen LogP contribution in [-0.4, -0.2) is 29.9 Å². The minimum Gasteiger partial charge on any atom is -0.295 e. The minimum absolute atomic E-state index is 0.499. The van der Waals surface area contributed by atoms with Crippen molar-refractivity contribution < 1.29 is 0 Å². The molecule has 0 bridgehead atoms. The molecule has 0 amide bonds. The maximum absolute atomic E-state index is 5.09. The Bertz CT molecular complexity index is 401. The molecule has 5 heteroatoms. The molecule has 1 rings (SSSR count). The van der Waals surface area contributed by atoms with Crippen LogP contribution in [0.2, 0.25) is 0 Å². The first-order valence-electron chi connectivity index (χ1n) is 5.95. The Morgan fingerprint density at radius 3 is 2.50 bits per heavy atom. The molecule has 0 aromatic heterocycles. The first-order valence-corrected chi connectivity index (χ1v) is 6.36. The first-order chi connectivity index (χ1) is 8.61. The molecular weight excluding hydrogens is 244 g/mol. The summed E-state index contributed by atoms with van der Waals surface area (Å²) in [5.41, 5.74) is 8.11. The van der Waals surface area contributed by atoms with Gasteiger partial charge in [-0.1, -0.05) is 37.3 Å². The Kier molecular flexibility index (Phi) is 6.32. The average molecular weight is 264 g/mol. The number of nitrogens with zero attached hydrogens (tertiary/aromatic N) is 2. The van der Waals surface area contributed by atoms with Crippen LogP contribution in [0.4, 0.5) is 0 Å². The van der Waals surface area contributed by atoms with Crippen molar-refractivity contribution in [3.05, 3.63) is 35.9 Å². The van der Waals surface area contributed by atoms with Gasteiger partial charge in [0, 0.05) is 26.2 Å². The third kappa shape index (κ3) is 5.75. The summed E-state index contributed by atoms with van der Waals surface area (Å²) in [4.78, 5) is 0. The van der Waals surface area contributed by atoms with Crippen molar-refractivity contribution >= 4 is 23.0 Å². The monoisotopic (exact) mass is 264 g/mol. The van der Waals surface area contributed by atoms with E-state index in [1.54, 1.807) is 5.01 Å². The standard InChI is InChI=1S/C13H20N4S/c1-4-12(10-11-8-6-5-7-9-11)14-15-13(18)16-17(2)3/h5-9H,4,10H2,1-3H3,(H2,15,16,18)/b14-12+. The lowest BCUT2D eigenvalue weighted by Crippen LogP contribution is -2.41. The average Bonchev–Trinajstić information content (AvgIpc) is 2.35. The predicted octanol–water partition coefficient (Wildman–Crippen LogP) is 1.94. The second-order valence-electron chi connectivity index (χ2n) is 4.14. The lowest BCUT2D eigenvalue weighted by molar-refractivity contribution is 0.360. The van der Waals surface area contributed by atoms with Crippen molar-refractivity contribution in [2.75, 3.05) is 14.1 Å². The van der Waals surface area contributed by atoms with Gasteiger partial charge in [-0.05, 0) is 24.2 Å². The minimum atomic E-state index is 0.499. The van der Waals surface area contributed by atoms with Crippen LogP contribution in [-0.2, 0) is 6.42 Å². The summed E-state index contributed by atoms with van der Waals surface area (Å²) >= 11 is 5.09. The normalized spacial score (nSPS) is 11.4. The molecule has 18 heavy (non-hydrogen) atoms. The molecule has 0 aliphatic carbocycles. The summed E-state index contributed by atoms with van der Waals surface area (Å²) in [7, 11) is 3.75. The zero-order chi connectivity index (χ0) is 13.4. The molecule has 0 unspecified atom stereocenters. The Labute approximate surface area is 114 Å². The lowest BCUT2D eigenvalue weighted by Gasteiger charge is -2.14. The predicted molar refractivity (Wildman–Crippen MR) is 80.4 cm³/mol. The van der Waals surface area contributed by atoms with Gasteiger partial charge in [0.25, 0.3) is 0 Å². The molecule has 2 N–H and O–H groups in total. The molecule has 0 radical (unpaired) electrons. The van der Waals surface area contributed by atoms with Crippen LogP contribution in [0.25, 0.3) is 0 Å². The maximum atomic E-state index is 5.09. The number of nitrogens with one attached hydrogen (secondary N) is 2. The topological polar surface area (TPSA) is 39.7 Å². The number of rotatable bonds is 5. The molecular formula is C13H20N4S. The van der Waals surface area contributed by atoms with Crippen LogP contribution in [0.1, 0.15) is 18.9 Å². The van der Waals surface area contributed by atoms with Gasteiger partial charge in [-0.2, -0.15) is 5.10 Å². The van der Waals surface area contributed by atoms with E-state index in [9.17, 15) is 0 Å². The van der Waals surface area contributed by atoms with Gasteiger partial charge in [0.05, 0.1) is 0 Å². The zero-order valence-electron chi connectivity index (χ0n) is 11.1. The summed E-state index contributed by atoms with van der Waals surface area (Å²) in [5, 5.41) is 6.60. The second-order valence-corrected chi connectivity index (χ2v) is 4.55. The number of hydrogen-bond acceptors (Lipinski definition) is 3. The number of benzene rings is 1. The summed E-state index contributed by atoms with van der Waals surface area (Å²) < 4.78 is 0. The molecule has 0 heterocycles. The van der Waals surface area contributed by atoms with Crippen molar-refractivity contribution in [2.45, 2.75) is 19.8 Å². The van der Waals surface area contributed by atoms with Crippen molar-refractivity contribution in [3.8, 4) is 0 Å². The van der Waals surface area contributed by atoms with Gasteiger partial charge in [-0.3, -0.25) is 10.9 Å². The van der Waals surface area contributed by atoms with E-state index in [-0.39, 0.29) is 0 Å². The van der Waals surface area contributed by atoms with E-state index < -0.39 is 0 Å². The van der Waals surface area contributed by atoms with Gasteiger partial charge >= 0.3 is 0 Å². The Balaban J connectivity index is 2.53. The molecule has 4 nitrogen and oxygen atoms in total. The third-order valence-electron chi connectivity index (χ3n) is 2.30. The Morgan fingerprint density at radius 2 is 1.94 bits per heavy atom. The molecule has 0 aliphatic heterocycles. The molecule has 0 saturated carbocycles. The lowest BCUT2D eigenvalue weighted by atomic mass is 10.1. The molecule has 0 saturated heterocycles. The highest BCUT2D eigenvalue weighted by molar-refractivity contribution is 7.80. The van der Waals surface area contributed by atoms with Gasteiger partial charge in [0.2, 0.25) is 5.11 Å². The molecule has 1 aromatic rings. The highest BCUT2D eigenvalue weighted by Gasteiger charge is 2.00. The van der Waals surface area contributed by atoms with Crippen LogP contribution in [0.15, 0.2) is 35.4 Å². The molecule has 1 aromatic carbocycles. The van der Waals surface area contributed by atoms with Crippen molar-refractivity contribution in [3.63, 3.8) is 0 Å². The SMILES string of the molecule is CC/C(Cc1ccccc1)=N\NC(=S)NN(C)C. The fraction of sp³-hybridized carbons (Fsp3) is 0.385. The zero-order valence-corrected chi connectivity index (χ0v) is 11.9. The highest BCUT2D eigenvalue weighted by Crippen LogP contribution is 2.02. The molecule has 0 aliphatic rings.